The van der Waals surface area contributed by atoms with Gasteiger partial charge in [-0.2, -0.15) is 21.6 Å². The third-order valence-electron chi connectivity index (χ3n) is 1.88. The number of halogens is 3. The second-order valence-electron chi connectivity index (χ2n) is 3.28. The maximum Gasteiger partial charge on any atom is 0.379 e. The second kappa shape index (κ2) is 8.90. The number of hydrogen-bond donors (Lipinski definition) is 2. The van der Waals surface area contributed by atoms with Crippen molar-refractivity contribution in [3.8, 4) is 0 Å². The maximum absolute atomic E-state index is 9.67. The lowest BCUT2D eigenvalue weighted by Gasteiger charge is -2.00. The van der Waals surface area contributed by atoms with Crippen molar-refractivity contribution in [3.05, 3.63) is 34.9 Å². The molecule has 8 heteroatoms. The monoisotopic (exact) mass is 287 g/mol. The third-order valence-corrected chi connectivity index (χ3v) is 1.88. The molecule has 18 heavy (non-hydrogen) atoms. The predicted octanol–water partition coefficient (Wildman–Crippen LogP) is 2.54. The van der Waals surface area contributed by atoms with Crippen molar-refractivity contribution in [2.45, 2.75) is 27.5 Å². The van der Waals surface area contributed by atoms with Gasteiger partial charge in [-0.25, -0.2) is 5.14 Å². The van der Waals surface area contributed by atoms with E-state index in [-0.39, 0.29) is 0 Å². The molecule has 0 unspecified atom stereocenters. The Hall–Kier alpha value is -1.12. The summed E-state index contributed by atoms with van der Waals surface area (Å²) in [6.07, 6.45) is 0. The standard InChI is InChI=1S/C9H12.CHF3.H3NO3S/c1-7-5-4-6-8(2)9(7)3;2-1(3)4;1-5(2,3)4/h4-6H,1-3H3;1H;(H3,1,2,3,4). The molecule has 0 aromatic heterocycles. The van der Waals surface area contributed by atoms with Crippen LogP contribution in [0.15, 0.2) is 18.2 Å². The van der Waals surface area contributed by atoms with Crippen molar-refractivity contribution in [3.63, 3.8) is 0 Å². The van der Waals surface area contributed by atoms with Gasteiger partial charge < -0.3 is 0 Å². The SMILES string of the molecule is Cc1cccc(C)c1C.FC(F)F.NS(=O)(=O)O. The zero-order chi connectivity index (χ0) is 14.9. The zero-order valence-electron chi connectivity index (χ0n) is 10.2. The third kappa shape index (κ3) is 17.3. The van der Waals surface area contributed by atoms with Gasteiger partial charge in [0.05, 0.1) is 0 Å². The van der Waals surface area contributed by atoms with E-state index in [0.717, 1.165) is 0 Å². The molecule has 0 saturated carbocycles. The molecule has 0 aliphatic carbocycles. The summed E-state index contributed by atoms with van der Waals surface area (Å²) < 4.78 is 54.2. The highest BCUT2D eigenvalue weighted by Gasteiger charge is 1.91. The summed E-state index contributed by atoms with van der Waals surface area (Å²) >= 11 is 0. The van der Waals surface area contributed by atoms with Gasteiger partial charge in [-0.15, -0.1) is 0 Å². The van der Waals surface area contributed by atoms with Gasteiger partial charge in [0.15, 0.2) is 0 Å². The van der Waals surface area contributed by atoms with Crippen LogP contribution in [0.3, 0.4) is 0 Å². The summed E-state index contributed by atoms with van der Waals surface area (Å²) in [4.78, 5) is 0. The summed E-state index contributed by atoms with van der Waals surface area (Å²) in [6, 6.07) is 6.38. The highest BCUT2D eigenvalue weighted by Crippen LogP contribution is 2.09. The zero-order valence-corrected chi connectivity index (χ0v) is 11.0. The Labute approximate surface area is 105 Å². The molecule has 3 N–H and O–H groups in total. The molecule has 0 aliphatic rings. The Bertz CT molecular complexity index is 419. The van der Waals surface area contributed by atoms with Crippen molar-refractivity contribution in [2.24, 2.45) is 5.14 Å². The van der Waals surface area contributed by atoms with Gasteiger partial charge in [0.1, 0.15) is 0 Å². The number of alkyl halides is 3. The van der Waals surface area contributed by atoms with Gasteiger partial charge in [0.2, 0.25) is 0 Å². The molecular formula is C10H16F3NO3S. The largest absolute Gasteiger partial charge is 0.379 e. The van der Waals surface area contributed by atoms with E-state index in [4.69, 9.17) is 13.0 Å². The van der Waals surface area contributed by atoms with E-state index in [1.807, 2.05) is 0 Å². The van der Waals surface area contributed by atoms with Crippen molar-refractivity contribution in [2.75, 3.05) is 0 Å². The number of benzene rings is 1. The fourth-order valence-corrected chi connectivity index (χ4v) is 0.898. The molecular weight excluding hydrogens is 271 g/mol. The fourth-order valence-electron chi connectivity index (χ4n) is 0.898. The number of rotatable bonds is 0. The Kier molecular flexibility index (Phi) is 9.50. The maximum atomic E-state index is 9.67. The van der Waals surface area contributed by atoms with E-state index in [2.05, 4.69) is 44.1 Å². The molecule has 0 aliphatic heterocycles. The predicted molar refractivity (Wildman–Crippen MR) is 63.5 cm³/mol. The molecule has 1 rings (SSSR count). The van der Waals surface area contributed by atoms with E-state index in [1.165, 1.54) is 16.7 Å². The minimum Gasteiger partial charge on any atom is -0.274 e. The first-order valence-corrected chi connectivity index (χ1v) is 6.15. The molecule has 0 spiro atoms. The summed E-state index contributed by atoms with van der Waals surface area (Å²) in [5.74, 6) is 0. The average molecular weight is 287 g/mol. The number of nitrogens with two attached hydrogens (primary N) is 1. The van der Waals surface area contributed by atoms with Crippen LogP contribution in [0.2, 0.25) is 0 Å². The first-order valence-electron chi connectivity index (χ1n) is 4.65. The lowest BCUT2D eigenvalue weighted by atomic mass is 10.1. The van der Waals surface area contributed by atoms with Gasteiger partial charge in [-0.1, -0.05) is 18.2 Å². The first kappa shape index (κ1) is 19.2. The smallest absolute Gasteiger partial charge is 0.274 e. The Morgan fingerprint density at radius 2 is 1.33 bits per heavy atom. The molecule has 0 radical (unpaired) electrons. The van der Waals surface area contributed by atoms with Gasteiger partial charge in [0.25, 0.3) is 0 Å². The van der Waals surface area contributed by atoms with Crippen LogP contribution in [0.4, 0.5) is 13.2 Å². The van der Waals surface area contributed by atoms with Crippen molar-refractivity contribution in [1.29, 1.82) is 0 Å². The summed E-state index contributed by atoms with van der Waals surface area (Å²) in [5.41, 5.74) is 4.18. The molecule has 1 aromatic rings. The van der Waals surface area contributed by atoms with Crippen LogP contribution in [0.5, 0.6) is 0 Å². The molecule has 0 atom stereocenters. The number of hydrogen-bond acceptors (Lipinski definition) is 2. The summed E-state index contributed by atoms with van der Waals surface area (Å²) in [6.45, 7) is 2.77. The summed E-state index contributed by atoms with van der Waals surface area (Å²) in [5, 5.41) is 3.88. The topological polar surface area (TPSA) is 80.4 Å². The Morgan fingerprint density at radius 3 is 1.50 bits per heavy atom. The second-order valence-corrected chi connectivity index (χ2v) is 4.31. The van der Waals surface area contributed by atoms with Gasteiger partial charge in [-0.05, 0) is 37.5 Å². The minimum absolute atomic E-state index is 1.38. The van der Waals surface area contributed by atoms with Crippen LogP contribution in [-0.4, -0.2) is 19.6 Å². The minimum atomic E-state index is -4.17. The molecule has 4 nitrogen and oxygen atoms in total. The van der Waals surface area contributed by atoms with Gasteiger partial charge in [0, 0.05) is 0 Å². The first-order chi connectivity index (χ1) is 7.95. The van der Waals surface area contributed by atoms with Crippen LogP contribution in [0, 0.1) is 20.8 Å². The highest BCUT2D eigenvalue weighted by atomic mass is 32.2. The lowest BCUT2D eigenvalue weighted by Crippen LogP contribution is -2.08. The lowest BCUT2D eigenvalue weighted by molar-refractivity contribution is 0.00819. The van der Waals surface area contributed by atoms with E-state index in [0.29, 0.717) is 0 Å². The molecule has 0 heterocycles. The van der Waals surface area contributed by atoms with Crippen LogP contribution in [0.25, 0.3) is 0 Å². The van der Waals surface area contributed by atoms with Gasteiger partial charge in [-0.3, -0.25) is 4.55 Å². The average Bonchev–Trinajstić information content (AvgIpc) is 2.10. The molecule has 0 fully saturated rings. The molecule has 0 bridgehead atoms. The normalized spacial score (nSPS) is 10.1. The van der Waals surface area contributed by atoms with Crippen molar-refractivity contribution in [1.82, 2.24) is 0 Å². The summed E-state index contributed by atoms with van der Waals surface area (Å²) in [7, 11) is -4.17. The van der Waals surface area contributed by atoms with Gasteiger partial charge >= 0.3 is 17.0 Å². The fraction of sp³-hybridized carbons (Fsp3) is 0.400. The van der Waals surface area contributed by atoms with E-state index >= 15 is 0 Å². The van der Waals surface area contributed by atoms with E-state index < -0.39 is 17.0 Å². The van der Waals surface area contributed by atoms with Crippen LogP contribution >= 0.6 is 0 Å². The highest BCUT2D eigenvalue weighted by molar-refractivity contribution is 7.83. The molecule has 1 aromatic carbocycles. The van der Waals surface area contributed by atoms with E-state index in [9.17, 15) is 13.2 Å². The van der Waals surface area contributed by atoms with Crippen molar-refractivity contribution < 1.29 is 26.1 Å². The van der Waals surface area contributed by atoms with Crippen LogP contribution in [-0.2, 0) is 10.3 Å². The molecule has 0 amide bonds. The van der Waals surface area contributed by atoms with Crippen molar-refractivity contribution >= 4 is 10.3 Å². The number of aryl methyl sites for hydroxylation is 2. The van der Waals surface area contributed by atoms with E-state index in [1.54, 1.807) is 0 Å². The Balaban J connectivity index is 0. The molecule has 0 saturated heterocycles. The Morgan fingerprint density at radius 1 is 1.11 bits per heavy atom. The van der Waals surface area contributed by atoms with Crippen LogP contribution in [0.1, 0.15) is 16.7 Å². The quantitative estimate of drug-likeness (QED) is 0.719. The van der Waals surface area contributed by atoms with Crippen LogP contribution < -0.4 is 5.14 Å². The molecule has 106 valence electrons.